The number of aryl methyl sites for hydroxylation is 1. The lowest BCUT2D eigenvalue weighted by atomic mass is 10.2. The molecule has 0 aliphatic rings. The Labute approximate surface area is 115 Å². The number of furan rings is 1. The first-order valence-electron chi connectivity index (χ1n) is 5.66. The first-order chi connectivity index (χ1) is 8.19. The molecule has 0 aliphatic carbocycles. The highest BCUT2D eigenvalue weighted by Crippen LogP contribution is 2.16. The van der Waals surface area contributed by atoms with Gasteiger partial charge in [-0.3, -0.25) is 4.68 Å². The number of hydrogen-bond donors (Lipinski definition) is 1. The van der Waals surface area contributed by atoms with E-state index >= 15 is 0 Å². The van der Waals surface area contributed by atoms with Crippen molar-refractivity contribution in [2.75, 3.05) is 6.54 Å². The third-order valence-electron chi connectivity index (χ3n) is 2.55. The van der Waals surface area contributed by atoms with Crippen LogP contribution in [0.1, 0.15) is 24.0 Å². The molecule has 0 unspecified atom stereocenters. The smallest absolute Gasteiger partial charge is 0.118 e. The van der Waals surface area contributed by atoms with Gasteiger partial charge in [-0.05, 0) is 42.1 Å². The zero-order chi connectivity index (χ0) is 12.3. The molecular weight excluding hydrogens is 329 g/mol. The van der Waals surface area contributed by atoms with E-state index in [1.165, 1.54) is 5.56 Å². The topological polar surface area (TPSA) is 43.0 Å². The highest BCUT2D eigenvalue weighted by atomic mass is 127. The minimum atomic E-state index is 0.768. The minimum absolute atomic E-state index is 0.768. The molecule has 0 fully saturated rings. The van der Waals surface area contributed by atoms with Crippen molar-refractivity contribution in [2.45, 2.75) is 26.9 Å². The van der Waals surface area contributed by atoms with Gasteiger partial charge in [0.05, 0.1) is 22.9 Å². The zero-order valence-electron chi connectivity index (χ0n) is 10.0. The molecule has 2 heterocycles. The van der Waals surface area contributed by atoms with E-state index in [-0.39, 0.29) is 0 Å². The fourth-order valence-corrected chi connectivity index (χ4v) is 2.13. The van der Waals surface area contributed by atoms with Gasteiger partial charge in [0.25, 0.3) is 0 Å². The predicted octanol–water partition coefficient (Wildman–Crippen LogP) is 2.55. The fourth-order valence-electron chi connectivity index (χ4n) is 1.68. The number of halogens is 1. The molecule has 0 atom stereocenters. The van der Waals surface area contributed by atoms with Gasteiger partial charge in [0, 0.05) is 11.8 Å². The van der Waals surface area contributed by atoms with E-state index in [0.717, 1.165) is 34.7 Å². The average molecular weight is 345 g/mol. The van der Waals surface area contributed by atoms with Gasteiger partial charge in [-0.1, -0.05) is 6.92 Å². The third-order valence-corrected chi connectivity index (χ3v) is 3.11. The van der Waals surface area contributed by atoms with Gasteiger partial charge in [0.1, 0.15) is 11.5 Å². The van der Waals surface area contributed by atoms with Gasteiger partial charge < -0.3 is 9.73 Å². The second kappa shape index (κ2) is 5.68. The molecule has 0 amide bonds. The average Bonchev–Trinajstić information content (AvgIpc) is 2.84. The van der Waals surface area contributed by atoms with Crippen LogP contribution < -0.4 is 5.32 Å². The normalized spacial score (nSPS) is 11.0. The molecule has 92 valence electrons. The van der Waals surface area contributed by atoms with E-state index in [1.54, 1.807) is 0 Å². The zero-order valence-corrected chi connectivity index (χ0v) is 12.2. The van der Waals surface area contributed by atoms with Gasteiger partial charge in [0.15, 0.2) is 0 Å². The van der Waals surface area contributed by atoms with Crippen LogP contribution in [-0.4, -0.2) is 16.3 Å². The Kier molecular flexibility index (Phi) is 4.22. The van der Waals surface area contributed by atoms with Crippen LogP contribution in [0, 0.1) is 10.5 Å². The second-order valence-electron chi connectivity index (χ2n) is 3.93. The van der Waals surface area contributed by atoms with E-state index in [0.29, 0.717) is 0 Å². The molecule has 1 N–H and O–H groups in total. The number of nitrogens with one attached hydrogen (secondary N) is 1. The highest BCUT2D eigenvalue weighted by Gasteiger charge is 2.08. The maximum Gasteiger partial charge on any atom is 0.118 e. The van der Waals surface area contributed by atoms with Crippen molar-refractivity contribution in [1.82, 2.24) is 15.1 Å². The summed E-state index contributed by atoms with van der Waals surface area (Å²) in [6.45, 7) is 6.59. The molecule has 0 bridgehead atoms. The lowest BCUT2D eigenvalue weighted by Gasteiger charge is -1.98. The summed E-state index contributed by atoms with van der Waals surface area (Å²) >= 11 is 2.26. The maximum absolute atomic E-state index is 5.69. The first kappa shape index (κ1) is 12.6. The van der Waals surface area contributed by atoms with Crippen molar-refractivity contribution in [1.29, 1.82) is 0 Å². The second-order valence-corrected chi connectivity index (χ2v) is 5.18. The Bertz CT molecular complexity index is 490. The standard InChI is InChI=1S/C12H16IN3O/c1-3-14-6-12-4-10(9(2)17-12)7-16-8-11(13)5-15-16/h4-5,8,14H,3,6-7H2,1-2H3. The van der Waals surface area contributed by atoms with E-state index in [9.17, 15) is 0 Å². The third kappa shape index (κ3) is 3.32. The SMILES string of the molecule is CCNCc1cc(Cn2cc(I)cn2)c(C)o1. The minimum Gasteiger partial charge on any atom is -0.465 e. The lowest BCUT2D eigenvalue weighted by molar-refractivity contribution is 0.462. The van der Waals surface area contributed by atoms with E-state index in [2.05, 4.69) is 46.0 Å². The monoisotopic (exact) mass is 345 g/mol. The molecule has 17 heavy (non-hydrogen) atoms. The molecule has 0 aliphatic heterocycles. The van der Waals surface area contributed by atoms with Gasteiger partial charge >= 0.3 is 0 Å². The van der Waals surface area contributed by atoms with Crippen molar-refractivity contribution in [2.24, 2.45) is 0 Å². The molecule has 0 radical (unpaired) electrons. The number of rotatable bonds is 5. The molecule has 4 nitrogen and oxygen atoms in total. The summed E-state index contributed by atoms with van der Waals surface area (Å²) < 4.78 is 8.77. The van der Waals surface area contributed by atoms with Crippen LogP contribution >= 0.6 is 22.6 Å². The summed E-state index contributed by atoms with van der Waals surface area (Å²) in [7, 11) is 0. The van der Waals surface area contributed by atoms with Crippen LogP contribution in [0.2, 0.25) is 0 Å². The quantitative estimate of drug-likeness (QED) is 0.847. The molecule has 5 heteroatoms. The summed E-state index contributed by atoms with van der Waals surface area (Å²) in [5, 5.41) is 7.53. The summed E-state index contributed by atoms with van der Waals surface area (Å²) in [5.74, 6) is 1.96. The van der Waals surface area contributed by atoms with Crippen molar-refractivity contribution < 1.29 is 4.42 Å². The maximum atomic E-state index is 5.69. The van der Waals surface area contributed by atoms with Crippen LogP contribution in [0.3, 0.4) is 0 Å². The Hall–Kier alpha value is -0.820. The summed E-state index contributed by atoms with van der Waals surface area (Å²) in [4.78, 5) is 0. The van der Waals surface area contributed by atoms with Crippen LogP contribution in [-0.2, 0) is 13.1 Å². The van der Waals surface area contributed by atoms with Gasteiger partial charge in [-0.2, -0.15) is 5.10 Å². The Morgan fingerprint density at radius 1 is 1.53 bits per heavy atom. The molecule has 2 rings (SSSR count). The van der Waals surface area contributed by atoms with Crippen LogP contribution in [0.15, 0.2) is 22.9 Å². The summed E-state index contributed by atoms with van der Waals surface area (Å²) in [6.07, 6.45) is 3.88. The summed E-state index contributed by atoms with van der Waals surface area (Å²) in [5.41, 5.74) is 1.19. The van der Waals surface area contributed by atoms with Crippen molar-refractivity contribution in [3.8, 4) is 0 Å². The van der Waals surface area contributed by atoms with E-state index in [4.69, 9.17) is 4.42 Å². The van der Waals surface area contributed by atoms with Gasteiger partial charge in [-0.15, -0.1) is 0 Å². The predicted molar refractivity (Wildman–Crippen MR) is 74.9 cm³/mol. The molecule has 0 saturated heterocycles. The van der Waals surface area contributed by atoms with Crippen LogP contribution in [0.4, 0.5) is 0 Å². The van der Waals surface area contributed by atoms with Crippen LogP contribution in [0.25, 0.3) is 0 Å². The number of hydrogen-bond acceptors (Lipinski definition) is 3. The Morgan fingerprint density at radius 3 is 3.00 bits per heavy atom. The highest BCUT2D eigenvalue weighted by molar-refractivity contribution is 14.1. The van der Waals surface area contributed by atoms with Crippen molar-refractivity contribution in [3.63, 3.8) is 0 Å². The van der Waals surface area contributed by atoms with E-state index in [1.807, 2.05) is 24.0 Å². The largest absolute Gasteiger partial charge is 0.465 e. The lowest BCUT2D eigenvalue weighted by Crippen LogP contribution is -2.10. The Morgan fingerprint density at radius 2 is 2.35 bits per heavy atom. The molecule has 0 spiro atoms. The number of aromatic nitrogens is 2. The van der Waals surface area contributed by atoms with Crippen molar-refractivity contribution >= 4 is 22.6 Å². The van der Waals surface area contributed by atoms with Crippen molar-refractivity contribution in [3.05, 3.63) is 39.1 Å². The van der Waals surface area contributed by atoms with Gasteiger partial charge in [-0.25, -0.2) is 0 Å². The number of nitrogens with zero attached hydrogens (tertiary/aromatic N) is 2. The molecule has 0 aromatic carbocycles. The first-order valence-corrected chi connectivity index (χ1v) is 6.73. The molecular formula is C12H16IN3O. The summed E-state index contributed by atoms with van der Waals surface area (Å²) in [6, 6.07) is 2.10. The van der Waals surface area contributed by atoms with Gasteiger partial charge in [0.2, 0.25) is 0 Å². The Balaban J connectivity index is 2.07. The molecule has 0 saturated carbocycles. The fraction of sp³-hybridized carbons (Fsp3) is 0.417. The van der Waals surface area contributed by atoms with Crippen LogP contribution in [0.5, 0.6) is 0 Å². The molecule has 2 aromatic heterocycles. The molecule has 2 aromatic rings. The van der Waals surface area contributed by atoms with E-state index < -0.39 is 0 Å².